The summed E-state index contributed by atoms with van der Waals surface area (Å²) in [5.74, 6) is 0. The first kappa shape index (κ1) is 11.1. The lowest BCUT2D eigenvalue weighted by Crippen LogP contribution is -1.99. The Balaban J connectivity index is 2.89. The van der Waals surface area contributed by atoms with Crippen LogP contribution in [-0.2, 0) is 6.42 Å². The van der Waals surface area contributed by atoms with Gasteiger partial charge in [-0.05, 0) is 31.0 Å². The Labute approximate surface area is 102 Å². The summed E-state index contributed by atoms with van der Waals surface area (Å²) >= 11 is 3.45. The van der Waals surface area contributed by atoms with Crippen molar-refractivity contribution >= 4 is 26.9 Å². The molecule has 2 nitrogen and oxygen atoms in total. The van der Waals surface area contributed by atoms with E-state index in [4.69, 9.17) is 4.42 Å². The molecule has 2 aromatic rings. The molecule has 0 spiro atoms. The summed E-state index contributed by atoms with van der Waals surface area (Å²) in [6.45, 7) is 5.61. The van der Waals surface area contributed by atoms with Gasteiger partial charge in [0, 0.05) is 21.5 Å². The smallest absolute Gasteiger partial charge is 0.336 e. The zero-order valence-electron chi connectivity index (χ0n) is 8.92. The van der Waals surface area contributed by atoms with Gasteiger partial charge in [-0.2, -0.15) is 0 Å². The zero-order valence-corrected chi connectivity index (χ0v) is 10.5. The maximum atomic E-state index is 11.3. The monoisotopic (exact) mass is 278 g/mol. The molecule has 1 aromatic heterocycles. The molecule has 0 aliphatic heterocycles. The summed E-state index contributed by atoms with van der Waals surface area (Å²) in [4.78, 5) is 11.3. The SMILES string of the molecule is C=CCc1cc(Br)cc2c(C)cc(=O)oc12. The molecule has 16 heavy (non-hydrogen) atoms. The van der Waals surface area contributed by atoms with E-state index >= 15 is 0 Å². The van der Waals surface area contributed by atoms with E-state index in [1.54, 1.807) is 6.08 Å². The number of fused-ring (bicyclic) bond motifs is 1. The number of aryl methyl sites for hydroxylation is 1. The number of rotatable bonds is 2. The van der Waals surface area contributed by atoms with Gasteiger partial charge >= 0.3 is 5.63 Å². The van der Waals surface area contributed by atoms with Crippen LogP contribution in [0.25, 0.3) is 11.0 Å². The molecule has 0 atom stereocenters. The van der Waals surface area contributed by atoms with Crippen LogP contribution in [0.2, 0.25) is 0 Å². The first-order valence-electron chi connectivity index (χ1n) is 4.95. The molecule has 3 heteroatoms. The van der Waals surface area contributed by atoms with Gasteiger partial charge in [-0.25, -0.2) is 4.79 Å². The summed E-state index contributed by atoms with van der Waals surface area (Å²) in [5.41, 5.74) is 2.25. The third-order valence-corrected chi connectivity index (χ3v) is 2.91. The summed E-state index contributed by atoms with van der Waals surface area (Å²) in [6, 6.07) is 5.42. The van der Waals surface area contributed by atoms with Crippen LogP contribution in [0.3, 0.4) is 0 Å². The van der Waals surface area contributed by atoms with E-state index in [0.29, 0.717) is 12.0 Å². The molecule has 0 amide bonds. The van der Waals surface area contributed by atoms with Crippen LogP contribution < -0.4 is 5.63 Å². The quantitative estimate of drug-likeness (QED) is 0.621. The molecular weight excluding hydrogens is 268 g/mol. The second-order valence-corrected chi connectivity index (χ2v) is 4.60. The van der Waals surface area contributed by atoms with Crippen molar-refractivity contribution in [1.29, 1.82) is 0 Å². The third-order valence-electron chi connectivity index (χ3n) is 2.46. The van der Waals surface area contributed by atoms with Crippen LogP contribution in [0.4, 0.5) is 0 Å². The molecule has 0 bridgehead atoms. The molecule has 1 heterocycles. The van der Waals surface area contributed by atoms with Crippen LogP contribution in [0.5, 0.6) is 0 Å². The van der Waals surface area contributed by atoms with Gasteiger partial charge in [0.1, 0.15) is 5.58 Å². The van der Waals surface area contributed by atoms with Crippen molar-refractivity contribution in [2.45, 2.75) is 13.3 Å². The standard InChI is InChI=1S/C13H11BrO2/c1-3-4-9-6-10(14)7-11-8(2)5-12(15)16-13(9)11/h3,5-7H,1,4H2,2H3. The van der Waals surface area contributed by atoms with Crippen molar-refractivity contribution in [3.05, 3.63) is 56.9 Å². The minimum atomic E-state index is -0.308. The van der Waals surface area contributed by atoms with Gasteiger partial charge in [0.05, 0.1) is 0 Å². The van der Waals surface area contributed by atoms with Crippen LogP contribution in [0.1, 0.15) is 11.1 Å². The molecular formula is C13H11BrO2. The largest absolute Gasteiger partial charge is 0.422 e. The average molecular weight is 279 g/mol. The zero-order chi connectivity index (χ0) is 11.7. The van der Waals surface area contributed by atoms with E-state index < -0.39 is 0 Å². The van der Waals surface area contributed by atoms with Gasteiger partial charge in [0.25, 0.3) is 0 Å². The number of allylic oxidation sites excluding steroid dienone is 1. The molecule has 0 radical (unpaired) electrons. The van der Waals surface area contributed by atoms with Crippen LogP contribution in [0.15, 0.2) is 44.5 Å². The van der Waals surface area contributed by atoms with Crippen molar-refractivity contribution in [3.8, 4) is 0 Å². The molecule has 0 aliphatic carbocycles. The fourth-order valence-electron chi connectivity index (χ4n) is 1.76. The van der Waals surface area contributed by atoms with Gasteiger partial charge in [0.2, 0.25) is 0 Å². The van der Waals surface area contributed by atoms with E-state index in [1.165, 1.54) is 6.07 Å². The summed E-state index contributed by atoms with van der Waals surface area (Å²) < 4.78 is 6.24. The van der Waals surface area contributed by atoms with Gasteiger partial charge in [0.15, 0.2) is 0 Å². The summed E-state index contributed by atoms with van der Waals surface area (Å²) in [6.07, 6.45) is 2.48. The number of hydrogen-bond donors (Lipinski definition) is 0. The Kier molecular flexibility index (Phi) is 2.97. The highest BCUT2D eigenvalue weighted by Crippen LogP contribution is 2.26. The van der Waals surface area contributed by atoms with E-state index in [0.717, 1.165) is 21.0 Å². The molecule has 0 N–H and O–H groups in total. The van der Waals surface area contributed by atoms with Crippen molar-refractivity contribution in [1.82, 2.24) is 0 Å². The maximum absolute atomic E-state index is 11.3. The minimum absolute atomic E-state index is 0.308. The third kappa shape index (κ3) is 1.95. The maximum Gasteiger partial charge on any atom is 0.336 e. The first-order chi connectivity index (χ1) is 7.61. The Morgan fingerprint density at radius 3 is 2.88 bits per heavy atom. The minimum Gasteiger partial charge on any atom is -0.422 e. The second-order valence-electron chi connectivity index (χ2n) is 3.68. The van der Waals surface area contributed by atoms with E-state index in [-0.39, 0.29) is 5.63 Å². The number of hydrogen-bond acceptors (Lipinski definition) is 2. The Morgan fingerprint density at radius 2 is 2.19 bits per heavy atom. The molecule has 1 aromatic carbocycles. The Morgan fingerprint density at radius 1 is 1.44 bits per heavy atom. The van der Waals surface area contributed by atoms with Gasteiger partial charge in [-0.15, -0.1) is 6.58 Å². The highest BCUT2D eigenvalue weighted by molar-refractivity contribution is 9.10. The van der Waals surface area contributed by atoms with Crippen molar-refractivity contribution < 1.29 is 4.42 Å². The van der Waals surface area contributed by atoms with E-state index in [2.05, 4.69) is 22.5 Å². The molecule has 0 fully saturated rings. The lowest BCUT2D eigenvalue weighted by Gasteiger charge is -2.06. The lowest BCUT2D eigenvalue weighted by molar-refractivity contribution is 0.556. The fraction of sp³-hybridized carbons (Fsp3) is 0.154. The van der Waals surface area contributed by atoms with Crippen molar-refractivity contribution in [3.63, 3.8) is 0 Å². The van der Waals surface area contributed by atoms with Crippen LogP contribution >= 0.6 is 15.9 Å². The molecule has 82 valence electrons. The lowest BCUT2D eigenvalue weighted by atomic mass is 10.1. The van der Waals surface area contributed by atoms with Crippen LogP contribution in [0, 0.1) is 6.92 Å². The Bertz CT molecular complexity index is 611. The van der Waals surface area contributed by atoms with Gasteiger partial charge in [-0.1, -0.05) is 22.0 Å². The highest BCUT2D eigenvalue weighted by Gasteiger charge is 2.08. The molecule has 0 saturated carbocycles. The van der Waals surface area contributed by atoms with Gasteiger partial charge < -0.3 is 4.42 Å². The fourth-order valence-corrected chi connectivity index (χ4v) is 2.26. The predicted octanol–water partition coefficient (Wildman–Crippen LogP) is 3.59. The van der Waals surface area contributed by atoms with Crippen molar-refractivity contribution in [2.75, 3.05) is 0 Å². The van der Waals surface area contributed by atoms with E-state index in [9.17, 15) is 4.79 Å². The second kappa shape index (κ2) is 4.26. The Hall–Kier alpha value is -1.35. The number of benzene rings is 1. The van der Waals surface area contributed by atoms with Gasteiger partial charge in [-0.3, -0.25) is 0 Å². The topological polar surface area (TPSA) is 30.2 Å². The molecule has 2 rings (SSSR count). The van der Waals surface area contributed by atoms with Crippen molar-refractivity contribution in [2.24, 2.45) is 0 Å². The summed E-state index contributed by atoms with van der Waals surface area (Å²) in [5, 5.41) is 0.964. The summed E-state index contributed by atoms with van der Waals surface area (Å²) in [7, 11) is 0. The normalized spacial score (nSPS) is 10.6. The molecule has 0 saturated heterocycles. The number of halogens is 1. The molecule has 0 unspecified atom stereocenters. The highest BCUT2D eigenvalue weighted by atomic mass is 79.9. The molecule has 0 aliphatic rings. The first-order valence-corrected chi connectivity index (χ1v) is 5.75. The van der Waals surface area contributed by atoms with Crippen LogP contribution in [-0.4, -0.2) is 0 Å². The van der Waals surface area contributed by atoms with E-state index in [1.807, 2.05) is 19.1 Å². The predicted molar refractivity (Wildman–Crippen MR) is 68.8 cm³/mol. The average Bonchev–Trinajstić information content (AvgIpc) is 2.20.